The van der Waals surface area contributed by atoms with Gasteiger partial charge in [0.15, 0.2) is 5.16 Å². The first-order valence-electron chi connectivity index (χ1n) is 7.31. The van der Waals surface area contributed by atoms with Crippen LogP contribution in [-0.2, 0) is 6.42 Å². The number of rotatable bonds is 4. The molecule has 4 aromatic rings. The molecular weight excluding hydrogens is 308 g/mol. The van der Waals surface area contributed by atoms with Gasteiger partial charge in [0.1, 0.15) is 11.4 Å². The summed E-state index contributed by atoms with van der Waals surface area (Å²) in [5.74, 6) is 0.580. The molecule has 1 N–H and O–H groups in total. The van der Waals surface area contributed by atoms with Gasteiger partial charge < -0.3 is 4.98 Å². The number of H-pyrrole nitrogens is 1. The molecule has 0 bridgehead atoms. The van der Waals surface area contributed by atoms with E-state index in [1.54, 1.807) is 4.52 Å². The van der Waals surface area contributed by atoms with Crippen molar-refractivity contribution in [3.8, 4) is 11.3 Å². The van der Waals surface area contributed by atoms with Gasteiger partial charge in [0.25, 0.3) is 5.78 Å². The van der Waals surface area contributed by atoms with Gasteiger partial charge in [-0.05, 0) is 24.2 Å². The number of hydrogen-bond acceptors (Lipinski definition) is 5. The fraction of sp³-hybridized carbons (Fsp3) is 0.125. The minimum Gasteiger partial charge on any atom is -0.337 e. The van der Waals surface area contributed by atoms with Gasteiger partial charge in [-0.3, -0.25) is 0 Å². The zero-order valence-corrected chi connectivity index (χ0v) is 13.3. The maximum atomic E-state index is 4.57. The van der Waals surface area contributed by atoms with Crippen LogP contribution in [-0.4, -0.2) is 29.5 Å². The molecule has 3 heterocycles. The van der Waals surface area contributed by atoms with Crippen molar-refractivity contribution in [1.29, 1.82) is 0 Å². The fourth-order valence-electron chi connectivity index (χ4n) is 2.28. The minimum absolute atomic E-state index is 0.580. The van der Waals surface area contributed by atoms with Gasteiger partial charge in [-0.15, -0.1) is 0 Å². The Morgan fingerprint density at radius 3 is 2.83 bits per heavy atom. The highest BCUT2D eigenvalue weighted by molar-refractivity contribution is 7.99. The lowest BCUT2D eigenvalue weighted by molar-refractivity contribution is 0.840. The molecule has 0 radical (unpaired) electrons. The lowest BCUT2D eigenvalue weighted by Gasteiger charge is -2.06. The van der Waals surface area contributed by atoms with Gasteiger partial charge in [-0.2, -0.15) is 14.6 Å². The topological polar surface area (TPSA) is 71.8 Å². The average Bonchev–Trinajstić information content (AvgIpc) is 3.24. The Bertz CT molecular complexity index is 944. The van der Waals surface area contributed by atoms with E-state index in [-0.39, 0.29) is 0 Å². The molecule has 0 aliphatic carbocycles. The quantitative estimate of drug-likeness (QED) is 0.584. The zero-order valence-electron chi connectivity index (χ0n) is 12.5. The molecule has 0 aliphatic heterocycles. The van der Waals surface area contributed by atoms with Gasteiger partial charge in [-0.1, -0.05) is 37.3 Å². The minimum atomic E-state index is 0.580. The Balaban J connectivity index is 1.79. The molecule has 23 heavy (non-hydrogen) atoms. The van der Waals surface area contributed by atoms with E-state index in [4.69, 9.17) is 0 Å². The van der Waals surface area contributed by atoms with E-state index in [0.717, 1.165) is 33.6 Å². The maximum Gasteiger partial charge on any atom is 0.253 e. The Kier molecular flexibility index (Phi) is 3.55. The first kappa shape index (κ1) is 14.0. The highest BCUT2D eigenvalue weighted by atomic mass is 32.2. The summed E-state index contributed by atoms with van der Waals surface area (Å²) in [5.41, 5.74) is 3.03. The van der Waals surface area contributed by atoms with Crippen LogP contribution in [0, 0.1) is 0 Å². The maximum absolute atomic E-state index is 4.57. The third-order valence-corrected chi connectivity index (χ3v) is 4.38. The Morgan fingerprint density at radius 1 is 1.17 bits per heavy atom. The Labute approximate surface area is 137 Å². The summed E-state index contributed by atoms with van der Waals surface area (Å²) in [5, 5.41) is 6.01. The van der Waals surface area contributed by atoms with E-state index < -0.39 is 0 Å². The van der Waals surface area contributed by atoms with Crippen LogP contribution < -0.4 is 0 Å². The van der Waals surface area contributed by atoms with E-state index in [1.807, 2.05) is 42.6 Å². The van der Waals surface area contributed by atoms with Crippen molar-refractivity contribution < 1.29 is 0 Å². The molecule has 114 valence electrons. The standard InChI is InChI=1S/C16H14N6S/c1-2-12-9-17-16(20-12)23-14-8-13(11-6-4-3-5-7-11)21-15-18-10-19-22(14)15/h3-10H,2H2,1H3,(H,17,20). The van der Waals surface area contributed by atoms with Gasteiger partial charge in [0.05, 0.1) is 5.69 Å². The van der Waals surface area contributed by atoms with Crippen LogP contribution in [0.25, 0.3) is 17.0 Å². The third-order valence-electron chi connectivity index (χ3n) is 3.48. The number of nitrogens with zero attached hydrogens (tertiary/aromatic N) is 5. The van der Waals surface area contributed by atoms with Crippen molar-refractivity contribution >= 4 is 17.5 Å². The molecule has 0 spiro atoms. The number of benzene rings is 1. The van der Waals surface area contributed by atoms with Crippen LogP contribution in [0.4, 0.5) is 0 Å². The number of aryl methyl sites for hydroxylation is 1. The molecule has 0 aliphatic rings. The Hall–Kier alpha value is -2.67. The van der Waals surface area contributed by atoms with Crippen molar-refractivity contribution in [3.63, 3.8) is 0 Å². The summed E-state index contributed by atoms with van der Waals surface area (Å²) in [6.45, 7) is 2.09. The van der Waals surface area contributed by atoms with Crippen molar-refractivity contribution in [2.45, 2.75) is 23.5 Å². The molecule has 6 nitrogen and oxygen atoms in total. The highest BCUT2D eigenvalue weighted by Gasteiger charge is 2.12. The monoisotopic (exact) mass is 322 g/mol. The van der Waals surface area contributed by atoms with Crippen LogP contribution in [0.2, 0.25) is 0 Å². The number of fused-ring (bicyclic) bond motifs is 1. The van der Waals surface area contributed by atoms with Crippen LogP contribution in [0.15, 0.2) is 59.1 Å². The molecule has 0 saturated heterocycles. The SMILES string of the molecule is CCc1cnc(Sc2cc(-c3ccccc3)nc3ncnn23)[nH]1. The van der Waals surface area contributed by atoms with Crippen LogP contribution in [0.5, 0.6) is 0 Å². The lowest BCUT2D eigenvalue weighted by Crippen LogP contribution is -1.98. The zero-order chi connectivity index (χ0) is 15.6. The van der Waals surface area contributed by atoms with E-state index in [0.29, 0.717) is 5.78 Å². The molecule has 3 aromatic heterocycles. The highest BCUT2D eigenvalue weighted by Crippen LogP contribution is 2.28. The molecule has 1 aromatic carbocycles. The largest absolute Gasteiger partial charge is 0.337 e. The summed E-state index contributed by atoms with van der Waals surface area (Å²) < 4.78 is 1.73. The number of imidazole rings is 1. The second kappa shape index (κ2) is 5.85. The van der Waals surface area contributed by atoms with Crippen LogP contribution >= 0.6 is 11.8 Å². The number of aromatic nitrogens is 6. The second-order valence-corrected chi connectivity index (χ2v) is 6.00. The predicted octanol–water partition coefficient (Wildman–Crippen LogP) is 3.23. The molecular formula is C16H14N6S. The van der Waals surface area contributed by atoms with Crippen LogP contribution in [0.1, 0.15) is 12.6 Å². The smallest absolute Gasteiger partial charge is 0.253 e. The van der Waals surface area contributed by atoms with E-state index in [9.17, 15) is 0 Å². The van der Waals surface area contributed by atoms with E-state index in [1.165, 1.54) is 18.1 Å². The first-order chi connectivity index (χ1) is 11.3. The summed E-state index contributed by atoms with van der Waals surface area (Å²) in [4.78, 5) is 16.5. The number of aromatic amines is 1. The first-order valence-corrected chi connectivity index (χ1v) is 8.13. The van der Waals surface area contributed by atoms with Crippen molar-refractivity contribution in [2.75, 3.05) is 0 Å². The molecule has 0 unspecified atom stereocenters. The van der Waals surface area contributed by atoms with E-state index >= 15 is 0 Å². The number of nitrogens with one attached hydrogen (secondary N) is 1. The third kappa shape index (κ3) is 2.70. The van der Waals surface area contributed by atoms with Crippen molar-refractivity contribution in [3.05, 3.63) is 54.6 Å². The second-order valence-electron chi connectivity index (χ2n) is 4.99. The van der Waals surface area contributed by atoms with E-state index in [2.05, 4.69) is 32.0 Å². The van der Waals surface area contributed by atoms with Gasteiger partial charge >= 0.3 is 0 Å². The predicted molar refractivity (Wildman–Crippen MR) is 88.3 cm³/mol. The molecule has 0 saturated carbocycles. The molecule has 7 heteroatoms. The summed E-state index contributed by atoms with van der Waals surface area (Å²) in [7, 11) is 0. The summed E-state index contributed by atoms with van der Waals surface area (Å²) in [6, 6.07) is 12.1. The van der Waals surface area contributed by atoms with Gasteiger partial charge in [0.2, 0.25) is 0 Å². The average molecular weight is 322 g/mol. The lowest BCUT2D eigenvalue weighted by atomic mass is 10.1. The van der Waals surface area contributed by atoms with Crippen LogP contribution in [0.3, 0.4) is 0 Å². The van der Waals surface area contributed by atoms with Crippen molar-refractivity contribution in [2.24, 2.45) is 0 Å². The fourth-order valence-corrected chi connectivity index (χ4v) is 3.16. The van der Waals surface area contributed by atoms with Crippen molar-refractivity contribution in [1.82, 2.24) is 29.5 Å². The molecule has 0 amide bonds. The Morgan fingerprint density at radius 2 is 2.04 bits per heavy atom. The normalized spacial score (nSPS) is 11.2. The van der Waals surface area contributed by atoms with Gasteiger partial charge in [0, 0.05) is 17.5 Å². The summed E-state index contributed by atoms with van der Waals surface area (Å²) >= 11 is 1.52. The molecule has 4 rings (SSSR count). The molecule has 0 fully saturated rings. The number of hydrogen-bond donors (Lipinski definition) is 1. The summed E-state index contributed by atoms with van der Waals surface area (Å²) in [6.07, 6.45) is 4.30. The molecule has 0 atom stereocenters. The van der Waals surface area contributed by atoms with Gasteiger partial charge in [-0.25, -0.2) is 9.97 Å².